The SMILES string of the molecule is CC(C)(C)Nc1ccc(NC(=O)Cc2ccc(Cl)cc2)nc1. The van der Waals surface area contributed by atoms with Crippen LogP contribution in [-0.2, 0) is 11.2 Å². The zero-order chi connectivity index (χ0) is 16.2. The van der Waals surface area contributed by atoms with Crippen LogP contribution in [0, 0.1) is 0 Å². The minimum absolute atomic E-state index is 0.0268. The molecule has 1 aromatic carbocycles. The Morgan fingerprint density at radius 3 is 2.36 bits per heavy atom. The molecule has 0 aliphatic carbocycles. The first-order valence-electron chi connectivity index (χ1n) is 7.10. The first-order chi connectivity index (χ1) is 10.3. The average molecular weight is 318 g/mol. The fraction of sp³-hybridized carbons (Fsp3) is 0.294. The molecule has 0 radical (unpaired) electrons. The highest BCUT2D eigenvalue weighted by molar-refractivity contribution is 6.30. The van der Waals surface area contributed by atoms with Gasteiger partial charge in [-0.05, 0) is 50.6 Å². The molecule has 0 spiro atoms. The van der Waals surface area contributed by atoms with Gasteiger partial charge < -0.3 is 10.6 Å². The first kappa shape index (κ1) is 16.3. The number of aromatic nitrogens is 1. The number of carbonyl (C=O) groups is 1. The zero-order valence-electron chi connectivity index (χ0n) is 13.0. The Bertz CT molecular complexity index is 630. The van der Waals surface area contributed by atoms with Gasteiger partial charge in [0.05, 0.1) is 18.3 Å². The number of anilines is 2. The third-order valence-electron chi connectivity index (χ3n) is 2.83. The van der Waals surface area contributed by atoms with Crippen LogP contribution in [0.3, 0.4) is 0 Å². The van der Waals surface area contributed by atoms with Gasteiger partial charge >= 0.3 is 0 Å². The van der Waals surface area contributed by atoms with E-state index in [1.54, 1.807) is 24.4 Å². The van der Waals surface area contributed by atoms with Crippen molar-refractivity contribution in [2.75, 3.05) is 10.6 Å². The van der Waals surface area contributed by atoms with Crippen molar-refractivity contribution in [3.8, 4) is 0 Å². The summed E-state index contributed by atoms with van der Waals surface area (Å²) in [6.45, 7) is 6.23. The molecule has 116 valence electrons. The van der Waals surface area contributed by atoms with E-state index in [1.807, 2.05) is 18.2 Å². The second-order valence-corrected chi connectivity index (χ2v) is 6.59. The van der Waals surface area contributed by atoms with Crippen molar-refractivity contribution in [1.29, 1.82) is 0 Å². The summed E-state index contributed by atoms with van der Waals surface area (Å²) < 4.78 is 0. The Balaban J connectivity index is 1.93. The van der Waals surface area contributed by atoms with E-state index in [-0.39, 0.29) is 11.4 Å². The van der Waals surface area contributed by atoms with Crippen LogP contribution in [0.15, 0.2) is 42.6 Å². The van der Waals surface area contributed by atoms with E-state index in [2.05, 4.69) is 36.4 Å². The number of halogens is 1. The molecule has 0 fully saturated rings. The lowest BCUT2D eigenvalue weighted by Gasteiger charge is -2.21. The molecule has 0 saturated carbocycles. The van der Waals surface area contributed by atoms with Crippen LogP contribution >= 0.6 is 11.6 Å². The molecule has 1 aromatic heterocycles. The van der Waals surface area contributed by atoms with Gasteiger partial charge in [0.25, 0.3) is 0 Å². The van der Waals surface area contributed by atoms with Crippen molar-refractivity contribution >= 4 is 29.0 Å². The van der Waals surface area contributed by atoms with Gasteiger partial charge in [0.1, 0.15) is 5.82 Å². The Morgan fingerprint density at radius 1 is 1.14 bits per heavy atom. The summed E-state index contributed by atoms with van der Waals surface area (Å²) in [6, 6.07) is 10.9. The van der Waals surface area contributed by atoms with Crippen LogP contribution in [0.2, 0.25) is 5.02 Å². The third-order valence-corrected chi connectivity index (χ3v) is 3.08. The zero-order valence-corrected chi connectivity index (χ0v) is 13.7. The van der Waals surface area contributed by atoms with Crippen LogP contribution in [0.4, 0.5) is 11.5 Å². The van der Waals surface area contributed by atoms with E-state index in [4.69, 9.17) is 11.6 Å². The summed E-state index contributed by atoms with van der Waals surface area (Å²) in [4.78, 5) is 16.2. The van der Waals surface area contributed by atoms with Crippen molar-refractivity contribution in [2.45, 2.75) is 32.7 Å². The van der Waals surface area contributed by atoms with Gasteiger partial charge in [-0.25, -0.2) is 4.98 Å². The van der Waals surface area contributed by atoms with Crippen molar-refractivity contribution < 1.29 is 4.79 Å². The molecular formula is C17H20ClN3O. The lowest BCUT2D eigenvalue weighted by molar-refractivity contribution is -0.115. The molecule has 0 saturated heterocycles. The van der Waals surface area contributed by atoms with E-state index in [9.17, 15) is 4.79 Å². The van der Waals surface area contributed by atoms with Gasteiger partial charge in [0, 0.05) is 10.6 Å². The van der Waals surface area contributed by atoms with E-state index < -0.39 is 0 Å². The standard InChI is InChI=1S/C17H20ClN3O/c1-17(2,3)21-14-8-9-15(19-11-14)20-16(22)10-12-4-6-13(18)7-5-12/h4-9,11,21H,10H2,1-3H3,(H,19,20,22). The van der Waals surface area contributed by atoms with E-state index in [0.717, 1.165) is 11.3 Å². The molecule has 0 unspecified atom stereocenters. The van der Waals surface area contributed by atoms with Crippen molar-refractivity contribution in [3.63, 3.8) is 0 Å². The van der Waals surface area contributed by atoms with Crippen LogP contribution in [-0.4, -0.2) is 16.4 Å². The van der Waals surface area contributed by atoms with Gasteiger partial charge in [-0.3, -0.25) is 4.79 Å². The average Bonchev–Trinajstić information content (AvgIpc) is 2.42. The molecule has 2 aromatic rings. The van der Waals surface area contributed by atoms with Crippen LogP contribution in [0.25, 0.3) is 0 Å². The van der Waals surface area contributed by atoms with Crippen molar-refractivity contribution in [1.82, 2.24) is 4.98 Å². The molecular weight excluding hydrogens is 298 g/mol. The maximum atomic E-state index is 12.0. The number of nitrogens with zero attached hydrogens (tertiary/aromatic N) is 1. The number of nitrogens with one attached hydrogen (secondary N) is 2. The maximum Gasteiger partial charge on any atom is 0.229 e. The largest absolute Gasteiger partial charge is 0.379 e. The molecule has 2 N–H and O–H groups in total. The van der Waals surface area contributed by atoms with Gasteiger partial charge in [-0.15, -0.1) is 0 Å². The van der Waals surface area contributed by atoms with Crippen molar-refractivity contribution in [2.24, 2.45) is 0 Å². The van der Waals surface area contributed by atoms with Gasteiger partial charge in [0.2, 0.25) is 5.91 Å². The second kappa shape index (κ2) is 6.79. The Labute approximate surface area is 135 Å². The first-order valence-corrected chi connectivity index (χ1v) is 7.48. The maximum absolute atomic E-state index is 12.0. The summed E-state index contributed by atoms with van der Waals surface area (Å²) in [5, 5.41) is 6.76. The molecule has 0 aliphatic heterocycles. The Morgan fingerprint density at radius 2 is 1.82 bits per heavy atom. The minimum Gasteiger partial charge on any atom is -0.379 e. The summed E-state index contributed by atoms with van der Waals surface area (Å²) >= 11 is 5.82. The number of amides is 1. The van der Waals surface area contributed by atoms with Crippen molar-refractivity contribution in [3.05, 3.63) is 53.2 Å². The molecule has 5 heteroatoms. The number of carbonyl (C=O) groups excluding carboxylic acids is 1. The van der Waals surface area contributed by atoms with Gasteiger partial charge in [0.15, 0.2) is 0 Å². The molecule has 0 atom stereocenters. The number of pyridine rings is 1. The summed E-state index contributed by atoms with van der Waals surface area (Å²) in [6.07, 6.45) is 2.00. The van der Waals surface area contributed by atoms with Gasteiger partial charge in [-0.2, -0.15) is 0 Å². The van der Waals surface area contributed by atoms with E-state index in [1.165, 1.54) is 0 Å². The fourth-order valence-electron chi connectivity index (χ4n) is 1.95. The highest BCUT2D eigenvalue weighted by atomic mass is 35.5. The number of hydrogen-bond acceptors (Lipinski definition) is 3. The predicted octanol–water partition coefficient (Wildman–Crippen LogP) is 4.13. The van der Waals surface area contributed by atoms with E-state index in [0.29, 0.717) is 17.3 Å². The summed E-state index contributed by atoms with van der Waals surface area (Å²) in [7, 11) is 0. The van der Waals surface area contributed by atoms with Crippen LogP contribution in [0.5, 0.6) is 0 Å². The highest BCUT2D eigenvalue weighted by Crippen LogP contribution is 2.15. The summed E-state index contributed by atoms with van der Waals surface area (Å²) in [5.74, 6) is 0.435. The lowest BCUT2D eigenvalue weighted by Crippen LogP contribution is -2.26. The topological polar surface area (TPSA) is 54.0 Å². The number of rotatable bonds is 4. The monoisotopic (exact) mass is 317 g/mol. The number of benzene rings is 1. The molecule has 4 nitrogen and oxygen atoms in total. The molecule has 2 rings (SSSR count). The smallest absolute Gasteiger partial charge is 0.229 e. The third kappa shape index (κ3) is 5.37. The van der Waals surface area contributed by atoms with Crippen LogP contribution in [0.1, 0.15) is 26.3 Å². The lowest BCUT2D eigenvalue weighted by atomic mass is 10.1. The number of hydrogen-bond donors (Lipinski definition) is 2. The van der Waals surface area contributed by atoms with Gasteiger partial charge in [-0.1, -0.05) is 23.7 Å². The minimum atomic E-state index is -0.105. The normalized spacial score (nSPS) is 11.1. The second-order valence-electron chi connectivity index (χ2n) is 6.16. The Kier molecular flexibility index (Phi) is 5.03. The Hall–Kier alpha value is -2.07. The summed E-state index contributed by atoms with van der Waals surface area (Å²) in [5.41, 5.74) is 1.80. The molecule has 1 amide bonds. The molecule has 1 heterocycles. The van der Waals surface area contributed by atoms with E-state index >= 15 is 0 Å². The molecule has 22 heavy (non-hydrogen) atoms. The quantitative estimate of drug-likeness (QED) is 0.891. The van der Waals surface area contributed by atoms with Crippen LogP contribution < -0.4 is 10.6 Å². The highest BCUT2D eigenvalue weighted by Gasteiger charge is 2.10. The molecule has 0 bridgehead atoms. The predicted molar refractivity (Wildman–Crippen MR) is 91.4 cm³/mol. The molecule has 0 aliphatic rings. The fourth-order valence-corrected chi connectivity index (χ4v) is 2.08.